The summed E-state index contributed by atoms with van der Waals surface area (Å²) in [6, 6.07) is 19.3. The number of fused-ring (bicyclic) bond motifs is 1. The normalized spacial score (nSPS) is 14.3. The molecule has 0 aliphatic carbocycles. The standard InChI is InChI=1S/C28H26FNO3S2/c29-35-23-12-13-24-25(18-23)34-28(20-4-8-21(31)9-5-20)26(24)27(32)19-6-10-22(11-7-19)33-17-16-30-14-2-1-3-15-30/h4-13,18,31H,1-3,14-17H2. The minimum absolute atomic E-state index is 0.0974. The van der Waals surface area contributed by atoms with E-state index >= 15 is 0 Å². The highest BCUT2D eigenvalue weighted by molar-refractivity contribution is 7.94. The molecule has 7 heteroatoms. The summed E-state index contributed by atoms with van der Waals surface area (Å²) in [4.78, 5) is 17.4. The second-order valence-corrected chi connectivity index (χ2v) is 10.4. The first kappa shape index (κ1) is 23.9. The third-order valence-corrected chi connectivity index (χ3v) is 7.98. The van der Waals surface area contributed by atoms with Crippen molar-refractivity contribution < 1.29 is 18.5 Å². The van der Waals surface area contributed by atoms with Gasteiger partial charge < -0.3 is 9.84 Å². The number of rotatable bonds is 8. The molecule has 0 spiro atoms. The van der Waals surface area contributed by atoms with Crippen LogP contribution in [0.4, 0.5) is 3.89 Å². The Kier molecular flexibility index (Phi) is 7.37. The number of ketones is 1. The van der Waals surface area contributed by atoms with E-state index in [1.807, 2.05) is 18.2 Å². The van der Waals surface area contributed by atoms with Gasteiger partial charge in [-0.05, 0) is 92.2 Å². The summed E-state index contributed by atoms with van der Waals surface area (Å²) in [5, 5.41) is 10.5. The fourth-order valence-electron chi connectivity index (χ4n) is 4.49. The molecule has 180 valence electrons. The Morgan fingerprint density at radius 2 is 1.74 bits per heavy atom. The fraction of sp³-hybridized carbons (Fsp3) is 0.250. The molecule has 1 aromatic heterocycles. The van der Waals surface area contributed by atoms with Gasteiger partial charge in [0.25, 0.3) is 0 Å². The molecule has 2 heterocycles. The number of aromatic hydroxyl groups is 1. The number of hydrogen-bond donors (Lipinski definition) is 1. The molecule has 0 radical (unpaired) electrons. The number of piperidine rings is 1. The Morgan fingerprint density at radius 3 is 2.46 bits per heavy atom. The molecule has 0 saturated carbocycles. The zero-order valence-electron chi connectivity index (χ0n) is 19.2. The topological polar surface area (TPSA) is 49.8 Å². The van der Waals surface area contributed by atoms with Crippen LogP contribution in [-0.4, -0.2) is 42.0 Å². The van der Waals surface area contributed by atoms with E-state index in [2.05, 4.69) is 4.90 Å². The third kappa shape index (κ3) is 5.37. The summed E-state index contributed by atoms with van der Waals surface area (Å²) in [6.07, 6.45) is 3.83. The van der Waals surface area contributed by atoms with Crippen LogP contribution in [0.3, 0.4) is 0 Å². The Bertz CT molecular complexity index is 1310. The Morgan fingerprint density at radius 1 is 1.00 bits per heavy atom. The van der Waals surface area contributed by atoms with Crippen LogP contribution in [0.15, 0.2) is 71.6 Å². The van der Waals surface area contributed by atoms with Gasteiger partial charge in [0.05, 0.1) is 12.1 Å². The smallest absolute Gasteiger partial charge is 0.195 e. The average molecular weight is 508 g/mol. The van der Waals surface area contributed by atoms with Crippen molar-refractivity contribution >= 4 is 39.4 Å². The molecule has 4 nitrogen and oxygen atoms in total. The maximum Gasteiger partial charge on any atom is 0.195 e. The molecule has 0 amide bonds. The summed E-state index contributed by atoms with van der Waals surface area (Å²) in [5.41, 5.74) is 1.99. The van der Waals surface area contributed by atoms with Crippen LogP contribution in [-0.2, 0) is 0 Å². The lowest BCUT2D eigenvalue weighted by Crippen LogP contribution is -2.33. The van der Waals surface area contributed by atoms with Crippen LogP contribution >= 0.6 is 23.5 Å². The number of carbonyl (C=O) groups is 1. The van der Waals surface area contributed by atoms with Crippen molar-refractivity contribution in [2.24, 2.45) is 0 Å². The number of likely N-dealkylation sites (tertiary alicyclic amines) is 1. The minimum Gasteiger partial charge on any atom is -0.508 e. The zero-order valence-corrected chi connectivity index (χ0v) is 20.8. The van der Waals surface area contributed by atoms with E-state index in [9.17, 15) is 13.8 Å². The first-order chi connectivity index (χ1) is 17.1. The maximum absolute atomic E-state index is 13.7. The molecule has 3 aromatic carbocycles. The van der Waals surface area contributed by atoms with E-state index in [0.717, 1.165) is 45.9 Å². The quantitative estimate of drug-likeness (QED) is 0.253. The van der Waals surface area contributed by atoms with Crippen molar-refractivity contribution in [3.05, 3.63) is 77.9 Å². The van der Waals surface area contributed by atoms with Crippen LogP contribution in [0.1, 0.15) is 35.2 Å². The minimum atomic E-state index is -0.0974. The number of hydrogen-bond acceptors (Lipinski definition) is 6. The van der Waals surface area contributed by atoms with Crippen LogP contribution in [0.5, 0.6) is 11.5 Å². The monoisotopic (exact) mass is 507 g/mol. The van der Waals surface area contributed by atoms with Gasteiger partial charge in [-0.25, -0.2) is 0 Å². The van der Waals surface area contributed by atoms with Crippen molar-refractivity contribution in [2.75, 3.05) is 26.2 Å². The molecule has 0 unspecified atom stereocenters. The van der Waals surface area contributed by atoms with E-state index < -0.39 is 0 Å². The van der Waals surface area contributed by atoms with E-state index in [0.29, 0.717) is 22.6 Å². The van der Waals surface area contributed by atoms with Crippen molar-refractivity contribution in [1.29, 1.82) is 0 Å². The van der Waals surface area contributed by atoms with Crippen LogP contribution in [0.2, 0.25) is 0 Å². The van der Waals surface area contributed by atoms with Crippen molar-refractivity contribution in [3.63, 3.8) is 0 Å². The molecule has 5 rings (SSSR count). The second kappa shape index (κ2) is 10.8. The number of halogens is 1. The average Bonchev–Trinajstić information content (AvgIpc) is 3.28. The van der Waals surface area contributed by atoms with Crippen LogP contribution < -0.4 is 4.74 Å². The first-order valence-corrected chi connectivity index (χ1v) is 13.3. The van der Waals surface area contributed by atoms with Crippen molar-refractivity contribution in [3.8, 4) is 21.9 Å². The fourth-order valence-corrected chi connectivity index (χ4v) is 6.09. The Labute approximate surface area is 212 Å². The molecule has 35 heavy (non-hydrogen) atoms. The lowest BCUT2D eigenvalue weighted by molar-refractivity contribution is 0.104. The molecule has 4 aromatic rings. The van der Waals surface area contributed by atoms with Crippen molar-refractivity contribution in [2.45, 2.75) is 24.2 Å². The van der Waals surface area contributed by atoms with E-state index in [4.69, 9.17) is 4.74 Å². The van der Waals surface area contributed by atoms with Gasteiger partial charge in [0.15, 0.2) is 5.78 Å². The lowest BCUT2D eigenvalue weighted by atomic mass is 9.97. The number of ether oxygens (including phenoxy) is 1. The van der Waals surface area contributed by atoms with E-state index in [1.165, 1.54) is 30.6 Å². The zero-order chi connectivity index (χ0) is 24.2. The van der Waals surface area contributed by atoms with Gasteiger partial charge in [-0.2, -0.15) is 3.89 Å². The van der Waals surface area contributed by atoms with Gasteiger partial charge >= 0.3 is 0 Å². The van der Waals surface area contributed by atoms with E-state index in [-0.39, 0.29) is 23.7 Å². The Balaban J connectivity index is 1.40. The number of nitrogens with zero attached hydrogens (tertiary/aromatic N) is 1. The second-order valence-electron chi connectivity index (χ2n) is 8.69. The third-order valence-electron chi connectivity index (χ3n) is 6.35. The van der Waals surface area contributed by atoms with Gasteiger partial charge in [-0.15, -0.1) is 11.3 Å². The molecule has 1 aliphatic rings. The summed E-state index contributed by atoms with van der Waals surface area (Å²) in [5.74, 6) is 0.812. The molecular weight excluding hydrogens is 481 g/mol. The summed E-state index contributed by atoms with van der Waals surface area (Å²) in [6.45, 7) is 3.82. The molecular formula is C28H26FNO3S2. The maximum atomic E-state index is 13.7. The number of thiophene rings is 1. The molecule has 1 saturated heterocycles. The van der Waals surface area contributed by atoms with Crippen molar-refractivity contribution in [1.82, 2.24) is 4.90 Å². The molecule has 0 atom stereocenters. The molecule has 1 fully saturated rings. The largest absolute Gasteiger partial charge is 0.508 e. The predicted molar refractivity (Wildman–Crippen MR) is 142 cm³/mol. The molecule has 0 bridgehead atoms. The summed E-state index contributed by atoms with van der Waals surface area (Å²) in [7, 11) is 0. The van der Waals surface area contributed by atoms with Gasteiger partial charge in [-0.3, -0.25) is 9.69 Å². The lowest BCUT2D eigenvalue weighted by Gasteiger charge is -2.26. The Hall–Kier alpha value is -2.87. The number of benzene rings is 3. The number of phenols is 1. The highest BCUT2D eigenvalue weighted by Gasteiger charge is 2.22. The molecule has 1 aliphatic heterocycles. The molecule has 1 N–H and O–H groups in total. The van der Waals surface area contributed by atoms with Gasteiger partial charge in [0.1, 0.15) is 18.1 Å². The summed E-state index contributed by atoms with van der Waals surface area (Å²) < 4.78 is 20.0. The number of phenolic OH excluding ortho intramolecular Hbond substituents is 1. The van der Waals surface area contributed by atoms with Gasteiger partial charge in [0.2, 0.25) is 0 Å². The highest BCUT2D eigenvalue weighted by Crippen LogP contribution is 2.41. The van der Waals surface area contributed by atoms with Crippen LogP contribution in [0.25, 0.3) is 20.5 Å². The number of carbonyl (C=O) groups excluding carboxylic acids is 1. The highest BCUT2D eigenvalue weighted by atomic mass is 32.2. The first-order valence-electron chi connectivity index (χ1n) is 11.8. The summed E-state index contributed by atoms with van der Waals surface area (Å²) >= 11 is 1.64. The SMILES string of the molecule is O=C(c1ccc(OCCN2CCCCC2)cc1)c1c(-c2ccc(O)cc2)sc2cc(SF)ccc12. The predicted octanol–water partition coefficient (Wildman–Crippen LogP) is 7.35. The van der Waals surface area contributed by atoms with E-state index in [1.54, 1.807) is 48.5 Å². The van der Waals surface area contributed by atoms with Crippen LogP contribution in [0, 0.1) is 0 Å². The van der Waals surface area contributed by atoms with Gasteiger partial charge in [-0.1, -0.05) is 12.5 Å². The van der Waals surface area contributed by atoms with Gasteiger partial charge in [0, 0.05) is 37.5 Å².